The number of nitriles is 1. The van der Waals surface area contributed by atoms with E-state index in [1.54, 1.807) is 13.8 Å². The first kappa shape index (κ1) is 15.8. The van der Waals surface area contributed by atoms with Crippen molar-refractivity contribution in [2.45, 2.75) is 24.4 Å². The fourth-order valence-electron chi connectivity index (χ4n) is 2.24. The summed E-state index contributed by atoms with van der Waals surface area (Å²) < 4.78 is 39.6. The van der Waals surface area contributed by atoms with Crippen molar-refractivity contribution in [2.75, 3.05) is 26.2 Å². The third-order valence-corrected chi connectivity index (χ3v) is 5.45. The summed E-state index contributed by atoms with van der Waals surface area (Å²) in [6.45, 7) is 4.85. The van der Waals surface area contributed by atoms with Crippen molar-refractivity contribution >= 4 is 10.0 Å². The van der Waals surface area contributed by atoms with Crippen LogP contribution in [0.3, 0.4) is 0 Å². The smallest absolute Gasteiger partial charge is 0.263 e. The predicted octanol–water partition coefficient (Wildman–Crippen LogP) is 0.829. The average Bonchev–Trinajstić information content (AvgIpc) is 2.47. The Morgan fingerprint density at radius 3 is 2.48 bits per heavy atom. The van der Waals surface area contributed by atoms with Crippen molar-refractivity contribution in [3.63, 3.8) is 0 Å². The number of nitrogens with zero attached hydrogens (tertiary/aromatic N) is 4. The standard InChI is InChI=1S/C13H17FN4O2S/c1-13(2,10-15)17-6-8-18(9-7-17)21(19,20)12-11(14)4-3-5-16-12/h3-5H,6-9H2,1-2H3. The number of pyridine rings is 1. The van der Waals surface area contributed by atoms with Gasteiger partial charge in [0.15, 0.2) is 5.82 Å². The van der Waals surface area contributed by atoms with Crippen LogP contribution in [0.5, 0.6) is 0 Å². The number of halogens is 1. The fourth-order valence-corrected chi connectivity index (χ4v) is 3.64. The summed E-state index contributed by atoms with van der Waals surface area (Å²) >= 11 is 0. The second kappa shape index (κ2) is 5.67. The van der Waals surface area contributed by atoms with Gasteiger partial charge in [0.2, 0.25) is 5.03 Å². The number of piperazine rings is 1. The van der Waals surface area contributed by atoms with Crippen LogP contribution >= 0.6 is 0 Å². The molecule has 0 unspecified atom stereocenters. The summed E-state index contributed by atoms with van der Waals surface area (Å²) in [7, 11) is -3.93. The molecule has 1 aromatic heterocycles. The maximum absolute atomic E-state index is 13.6. The van der Waals surface area contributed by atoms with Crippen LogP contribution in [0.1, 0.15) is 13.8 Å². The van der Waals surface area contributed by atoms with E-state index >= 15 is 0 Å². The molecule has 1 aromatic rings. The summed E-state index contributed by atoms with van der Waals surface area (Å²) in [4.78, 5) is 5.55. The van der Waals surface area contributed by atoms with E-state index in [2.05, 4.69) is 11.1 Å². The van der Waals surface area contributed by atoms with E-state index < -0.39 is 26.4 Å². The topological polar surface area (TPSA) is 77.3 Å². The quantitative estimate of drug-likeness (QED) is 0.826. The molecule has 0 spiro atoms. The molecule has 1 fully saturated rings. The Morgan fingerprint density at radius 1 is 1.33 bits per heavy atom. The van der Waals surface area contributed by atoms with E-state index in [1.165, 1.54) is 16.6 Å². The van der Waals surface area contributed by atoms with E-state index in [4.69, 9.17) is 5.26 Å². The summed E-state index contributed by atoms with van der Waals surface area (Å²) in [5.41, 5.74) is -0.647. The molecule has 2 rings (SSSR count). The lowest BCUT2D eigenvalue weighted by Gasteiger charge is -2.39. The van der Waals surface area contributed by atoms with Crippen molar-refractivity contribution in [3.05, 3.63) is 24.1 Å². The molecule has 1 aliphatic rings. The largest absolute Gasteiger partial charge is 0.283 e. The van der Waals surface area contributed by atoms with Crippen molar-refractivity contribution in [1.29, 1.82) is 5.26 Å². The Balaban J connectivity index is 2.16. The van der Waals surface area contributed by atoms with Gasteiger partial charge < -0.3 is 0 Å². The Labute approximate surface area is 123 Å². The molecule has 0 amide bonds. The second-order valence-corrected chi connectivity index (χ2v) is 7.21. The zero-order valence-electron chi connectivity index (χ0n) is 12.0. The zero-order valence-corrected chi connectivity index (χ0v) is 12.8. The van der Waals surface area contributed by atoms with Crippen LogP contribution in [-0.4, -0.2) is 54.3 Å². The van der Waals surface area contributed by atoms with Gasteiger partial charge in [0.25, 0.3) is 10.0 Å². The van der Waals surface area contributed by atoms with Crippen LogP contribution in [-0.2, 0) is 10.0 Å². The van der Waals surface area contributed by atoms with Crippen LogP contribution in [0.2, 0.25) is 0 Å². The Kier molecular flexibility index (Phi) is 4.27. The monoisotopic (exact) mass is 312 g/mol. The number of sulfonamides is 1. The number of hydrogen-bond donors (Lipinski definition) is 0. The van der Waals surface area contributed by atoms with E-state index in [0.29, 0.717) is 13.1 Å². The third kappa shape index (κ3) is 3.05. The van der Waals surface area contributed by atoms with Gasteiger partial charge in [0.1, 0.15) is 5.54 Å². The third-order valence-electron chi connectivity index (χ3n) is 3.61. The van der Waals surface area contributed by atoms with Crippen LogP contribution < -0.4 is 0 Å². The lowest BCUT2D eigenvalue weighted by Crippen LogP contribution is -2.55. The minimum atomic E-state index is -3.93. The molecule has 0 aromatic carbocycles. The SMILES string of the molecule is CC(C)(C#N)N1CCN(S(=O)(=O)c2ncccc2F)CC1. The van der Waals surface area contributed by atoms with E-state index in [9.17, 15) is 12.8 Å². The first-order valence-electron chi connectivity index (χ1n) is 6.56. The highest BCUT2D eigenvalue weighted by Crippen LogP contribution is 2.21. The number of hydrogen-bond acceptors (Lipinski definition) is 5. The van der Waals surface area contributed by atoms with Gasteiger partial charge in [-0.1, -0.05) is 0 Å². The van der Waals surface area contributed by atoms with Gasteiger partial charge in [-0.25, -0.2) is 17.8 Å². The molecule has 1 saturated heterocycles. The van der Waals surface area contributed by atoms with Gasteiger partial charge in [-0.3, -0.25) is 4.90 Å². The lowest BCUT2D eigenvalue weighted by atomic mass is 10.0. The predicted molar refractivity (Wildman–Crippen MR) is 74.2 cm³/mol. The highest BCUT2D eigenvalue weighted by molar-refractivity contribution is 7.89. The van der Waals surface area contributed by atoms with Crippen molar-refractivity contribution in [1.82, 2.24) is 14.2 Å². The van der Waals surface area contributed by atoms with Gasteiger partial charge >= 0.3 is 0 Å². The summed E-state index contributed by atoms with van der Waals surface area (Å²) in [6.07, 6.45) is 1.25. The maximum Gasteiger partial charge on any atom is 0.263 e. The highest BCUT2D eigenvalue weighted by atomic mass is 32.2. The molecule has 1 aliphatic heterocycles. The Bertz CT molecular complexity index is 661. The van der Waals surface area contributed by atoms with Crippen molar-refractivity contribution in [3.8, 4) is 6.07 Å². The fraction of sp³-hybridized carbons (Fsp3) is 0.538. The van der Waals surface area contributed by atoms with Gasteiger partial charge in [-0.15, -0.1) is 0 Å². The molecule has 114 valence electrons. The maximum atomic E-state index is 13.6. The van der Waals surface area contributed by atoms with Crippen LogP contribution in [0.4, 0.5) is 4.39 Å². The van der Waals surface area contributed by atoms with Crippen LogP contribution in [0, 0.1) is 17.1 Å². The molecule has 6 nitrogen and oxygen atoms in total. The molecular formula is C13H17FN4O2S. The molecule has 8 heteroatoms. The Morgan fingerprint density at radius 2 is 1.95 bits per heavy atom. The molecular weight excluding hydrogens is 295 g/mol. The van der Waals surface area contributed by atoms with Gasteiger partial charge in [0.05, 0.1) is 6.07 Å². The first-order valence-corrected chi connectivity index (χ1v) is 8.00. The first-order chi connectivity index (χ1) is 9.79. The normalized spacial score (nSPS) is 18.4. The molecule has 0 N–H and O–H groups in total. The van der Waals surface area contributed by atoms with E-state index in [-0.39, 0.29) is 13.1 Å². The van der Waals surface area contributed by atoms with Crippen LogP contribution in [0.25, 0.3) is 0 Å². The van der Waals surface area contributed by atoms with Crippen molar-refractivity contribution < 1.29 is 12.8 Å². The molecule has 0 radical (unpaired) electrons. The van der Waals surface area contributed by atoms with Crippen LogP contribution in [0.15, 0.2) is 23.4 Å². The van der Waals surface area contributed by atoms with Crippen molar-refractivity contribution in [2.24, 2.45) is 0 Å². The Hall–Kier alpha value is -1.56. The zero-order chi connectivity index (χ0) is 15.7. The molecule has 0 aliphatic carbocycles. The van der Waals surface area contributed by atoms with E-state index in [0.717, 1.165) is 6.07 Å². The number of rotatable bonds is 3. The number of aromatic nitrogens is 1. The molecule has 2 heterocycles. The van der Waals surface area contributed by atoms with Gasteiger partial charge in [-0.2, -0.15) is 9.57 Å². The minimum Gasteiger partial charge on any atom is -0.283 e. The summed E-state index contributed by atoms with van der Waals surface area (Å²) in [6, 6.07) is 4.62. The highest BCUT2D eigenvalue weighted by Gasteiger charge is 2.35. The molecule has 0 saturated carbocycles. The second-order valence-electron chi connectivity index (χ2n) is 5.35. The van der Waals surface area contributed by atoms with Gasteiger partial charge in [0, 0.05) is 32.4 Å². The molecule has 0 bridgehead atoms. The van der Waals surface area contributed by atoms with Gasteiger partial charge in [-0.05, 0) is 26.0 Å². The summed E-state index contributed by atoms with van der Waals surface area (Å²) in [5, 5.41) is 8.56. The average molecular weight is 312 g/mol. The summed E-state index contributed by atoms with van der Waals surface area (Å²) in [5.74, 6) is -0.850. The minimum absolute atomic E-state index is 0.212. The van der Waals surface area contributed by atoms with E-state index in [1.807, 2.05) is 4.90 Å². The molecule has 0 atom stereocenters. The lowest BCUT2D eigenvalue weighted by molar-refractivity contribution is 0.115. The molecule has 21 heavy (non-hydrogen) atoms.